The number of carboxylic acid groups (broad SMARTS) is 1. The molecular weight excluding hydrogens is 354 g/mol. The molecule has 0 heterocycles. The largest absolute Gasteiger partial charge is 0.508 e. The second-order valence-electron chi connectivity index (χ2n) is 6.77. The van der Waals surface area contributed by atoms with Crippen molar-refractivity contribution < 1.29 is 29.7 Å². The van der Waals surface area contributed by atoms with Crippen molar-refractivity contribution >= 4 is 17.8 Å². The monoisotopic (exact) mass is 381 g/mol. The van der Waals surface area contributed by atoms with E-state index in [-0.39, 0.29) is 18.1 Å². The average molecular weight is 381 g/mol. The number of phenolic OH excluding ortho intramolecular Hbond substituents is 1. The molecule has 0 radical (unpaired) electrons. The van der Waals surface area contributed by atoms with E-state index in [1.165, 1.54) is 19.1 Å². The minimum Gasteiger partial charge on any atom is -0.508 e. The Morgan fingerprint density at radius 2 is 1.59 bits per heavy atom. The van der Waals surface area contributed by atoms with Gasteiger partial charge in [0.15, 0.2) is 0 Å². The molecule has 0 saturated heterocycles. The van der Waals surface area contributed by atoms with Gasteiger partial charge in [0.2, 0.25) is 11.8 Å². The van der Waals surface area contributed by atoms with E-state index in [1.54, 1.807) is 26.0 Å². The summed E-state index contributed by atoms with van der Waals surface area (Å²) < 4.78 is 0. The van der Waals surface area contributed by atoms with E-state index in [9.17, 15) is 29.7 Å². The SMILES string of the molecule is CC(C)[C@H](NC(=O)[C@H](Cc1ccc(O)cc1)NC(=O)[C@@H](N)[C@@H](C)O)C(=O)O. The van der Waals surface area contributed by atoms with Gasteiger partial charge in [0, 0.05) is 6.42 Å². The summed E-state index contributed by atoms with van der Waals surface area (Å²) in [5, 5.41) is 32.9. The number of carboxylic acids is 1. The first-order valence-electron chi connectivity index (χ1n) is 8.58. The molecule has 0 spiro atoms. The van der Waals surface area contributed by atoms with E-state index >= 15 is 0 Å². The number of hydrogen-bond donors (Lipinski definition) is 6. The van der Waals surface area contributed by atoms with Gasteiger partial charge in [-0.3, -0.25) is 9.59 Å². The molecule has 4 atom stereocenters. The summed E-state index contributed by atoms with van der Waals surface area (Å²) in [5.41, 5.74) is 6.23. The topological polar surface area (TPSA) is 162 Å². The van der Waals surface area contributed by atoms with Gasteiger partial charge in [-0.2, -0.15) is 0 Å². The fourth-order valence-electron chi connectivity index (χ4n) is 2.33. The molecule has 27 heavy (non-hydrogen) atoms. The Hall–Kier alpha value is -2.65. The highest BCUT2D eigenvalue weighted by Crippen LogP contribution is 2.12. The first kappa shape index (κ1) is 22.4. The Labute approximate surface area is 157 Å². The van der Waals surface area contributed by atoms with Crippen LogP contribution in [0.4, 0.5) is 0 Å². The second-order valence-corrected chi connectivity index (χ2v) is 6.77. The number of carbonyl (C=O) groups excluding carboxylic acids is 2. The lowest BCUT2D eigenvalue weighted by molar-refractivity contribution is -0.143. The minimum absolute atomic E-state index is 0.0469. The van der Waals surface area contributed by atoms with Crippen LogP contribution in [0.15, 0.2) is 24.3 Å². The maximum atomic E-state index is 12.6. The normalized spacial score (nSPS) is 15.5. The third-order valence-corrected chi connectivity index (χ3v) is 4.06. The van der Waals surface area contributed by atoms with E-state index in [1.807, 2.05) is 0 Å². The summed E-state index contributed by atoms with van der Waals surface area (Å²) >= 11 is 0. The maximum absolute atomic E-state index is 12.6. The highest BCUT2D eigenvalue weighted by atomic mass is 16.4. The van der Waals surface area contributed by atoms with Crippen LogP contribution in [0.1, 0.15) is 26.3 Å². The van der Waals surface area contributed by atoms with Crippen molar-refractivity contribution in [3.05, 3.63) is 29.8 Å². The molecule has 1 rings (SSSR count). The van der Waals surface area contributed by atoms with Crippen LogP contribution in [0.2, 0.25) is 0 Å². The number of phenols is 1. The first-order chi connectivity index (χ1) is 12.5. The summed E-state index contributed by atoms with van der Waals surface area (Å²) in [7, 11) is 0. The number of carbonyl (C=O) groups is 3. The molecular formula is C18H27N3O6. The maximum Gasteiger partial charge on any atom is 0.326 e. The number of aromatic hydroxyl groups is 1. The lowest BCUT2D eigenvalue weighted by Gasteiger charge is -2.25. The number of benzene rings is 1. The van der Waals surface area contributed by atoms with Crippen LogP contribution in [-0.2, 0) is 20.8 Å². The smallest absolute Gasteiger partial charge is 0.326 e. The Kier molecular flexibility index (Phi) is 8.20. The standard InChI is InChI=1S/C18H27N3O6/c1-9(2)15(18(26)27)21-16(24)13(20-17(25)14(19)10(3)22)8-11-4-6-12(23)7-5-11/h4-7,9-10,13-15,22-23H,8,19H2,1-3H3,(H,20,25)(H,21,24)(H,26,27)/t10-,13+,14+,15+/m1/s1. The van der Waals surface area contributed by atoms with Crippen LogP contribution in [0, 0.1) is 5.92 Å². The Morgan fingerprint density at radius 3 is 2.04 bits per heavy atom. The van der Waals surface area contributed by atoms with Crippen molar-refractivity contribution in [2.75, 3.05) is 0 Å². The molecule has 0 aliphatic heterocycles. The van der Waals surface area contributed by atoms with Crippen molar-refractivity contribution in [2.24, 2.45) is 11.7 Å². The van der Waals surface area contributed by atoms with Gasteiger partial charge in [0.1, 0.15) is 23.9 Å². The van der Waals surface area contributed by atoms with Gasteiger partial charge in [-0.15, -0.1) is 0 Å². The van der Waals surface area contributed by atoms with Gasteiger partial charge in [0.25, 0.3) is 0 Å². The van der Waals surface area contributed by atoms with Gasteiger partial charge >= 0.3 is 5.97 Å². The Balaban J connectivity index is 3.00. The summed E-state index contributed by atoms with van der Waals surface area (Å²) in [6.45, 7) is 4.64. The molecule has 0 fully saturated rings. The van der Waals surface area contributed by atoms with Gasteiger partial charge in [-0.05, 0) is 30.5 Å². The molecule has 0 aromatic heterocycles. The summed E-state index contributed by atoms with van der Waals surface area (Å²) in [5.74, 6) is -2.92. The zero-order valence-corrected chi connectivity index (χ0v) is 15.5. The molecule has 150 valence electrons. The third-order valence-electron chi connectivity index (χ3n) is 4.06. The number of nitrogens with one attached hydrogen (secondary N) is 2. The third kappa shape index (κ3) is 6.87. The molecule has 7 N–H and O–H groups in total. The number of aliphatic hydroxyl groups excluding tert-OH is 1. The molecule has 0 unspecified atom stereocenters. The van der Waals surface area contributed by atoms with Crippen molar-refractivity contribution in [1.29, 1.82) is 0 Å². The number of amides is 2. The van der Waals surface area contributed by atoms with Crippen LogP contribution in [0.25, 0.3) is 0 Å². The van der Waals surface area contributed by atoms with Crippen molar-refractivity contribution in [3.8, 4) is 5.75 Å². The second kappa shape index (κ2) is 9.89. The van der Waals surface area contributed by atoms with Crippen LogP contribution in [0.3, 0.4) is 0 Å². The predicted octanol–water partition coefficient (Wildman–Crippen LogP) is -0.647. The van der Waals surface area contributed by atoms with Crippen molar-refractivity contribution in [1.82, 2.24) is 10.6 Å². The quantitative estimate of drug-likeness (QED) is 0.331. The van der Waals surface area contributed by atoms with E-state index in [0.717, 1.165) is 0 Å². The van der Waals surface area contributed by atoms with Gasteiger partial charge in [0.05, 0.1) is 6.10 Å². The fourth-order valence-corrected chi connectivity index (χ4v) is 2.33. The highest BCUT2D eigenvalue weighted by molar-refractivity contribution is 5.92. The van der Waals surface area contributed by atoms with Crippen LogP contribution < -0.4 is 16.4 Å². The molecule has 0 aliphatic rings. The molecule has 1 aromatic carbocycles. The zero-order chi connectivity index (χ0) is 20.7. The number of aliphatic hydroxyl groups is 1. The lowest BCUT2D eigenvalue weighted by Crippen LogP contribution is -2.57. The van der Waals surface area contributed by atoms with E-state index in [0.29, 0.717) is 5.56 Å². The van der Waals surface area contributed by atoms with Crippen LogP contribution >= 0.6 is 0 Å². The van der Waals surface area contributed by atoms with Crippen LogP contribution in [-0.4, -0.2) is 57.3 Å². The van der Waals surface area contributed by atoms with Gasteiger partial charge in [-0.1, -0.05) is 26.0 Å². The average Bonchev–Trinajstić information content (AvgIpc) is 2.59. The first-order valence-corrected chi connectivity index (χ1v) is 8.58. The van der Waals surface area contributed by atoms with Gasteiger partial charge < -0.3 is 31.7 Å². The Morgan fingerprint density at radius 1 is 1.04 bits per heavy atom. The van der Waals surface area contributed by atoms with Crippen molar-refractivity contribution in [2.45, 2.75) is 51.4 Å². The number of nitrogens with two attached hydrogens (primary N) is 1. The molecule has 2 amide bonds. The summed E-state index contributed by atoms with van der Waals surface area (Å²) in [6, 6.07) is 2.56. The van der Waals surface area contributed by atoms with Crippen molar-refractivity contribution in [3.63, 3.8) is 0 Å². The van der Waals surface area contributed by atoms with Gasteiger partial charge in [-0.25, -0.2) is 4.79 Å². The molecule has 0 saturated carbocycles. The molecule has 9 heteroatoms. The van der Waals surface area contributed by atoms with Crippen LogP contribution in [0.5, 0.6) is 5.75 Å². The number of aliphatic carboxylic acids is 1. The lowest BCUT2D eigenvalue weighted by atomic mass is 10.0. The number of rotatable bonds is 9. The fraction of sp³-hybridized carbons (Fsp3) is 0.500. The Bertz CT molecular complexity index is 660. The molecule has 0 bridgehead atoms. The van der Waals surface area contributed by atoms with E-state index in [2.05, 4.69) is 10.6 Å². The highest BCUT2D eigenvalue weighted by Gasteiger charge is 2.30. The zero-order valence-electron chi connectivity index (χ0n) is 15.5. The van der Waals surface area contributed by atoms with E-state index < -0.39 is 42.0 Å². The van der Waals surface area contributed by atoms with E-state index in [4.69, 9.17) is 5.73 Å². The summed E-state index contributed by atoms with van der Waals surface area (Å²) in [4.78, 5) is 36.1. The summed E-state index contributed by atoms with van der Waals surface area (Å²) in [6.07, 6.45) is -1.07. The number of hydrogen-bond acceptors (Lipinski definition) is 6. The minimum atomic E-state index is -1.24. The predicted molar refractivity (Wildman–Crippen MR) is 97.8 cm³/mol. The molecule has 1 aromatic rings. The molecule has 0 aliphatic carbocycles. The molecule has 9 nitrogen and oxygen atoms in total.